The highest BCUT2D eigenvalue weighted by Crippen LogP contribution is 2.48. The van der Waals surface area contributed by atoms with Crippen LogP contribution in [0.25, 0.3) is 87.6 Å². The summed E-state index contributed by atoms with van der Waals surface area (Å²) in [4.78, 5) is 0. The molecular formula is C48H32. The molecule has 0 aliphatic heterocycles. The largest absolute Gasteiger partial charge is 0.0622 e. The molecule has 9 aromatic rings. The first-order valence-electron chi connectivity index (χ1n) is 16.9. The van der Waals surface area contributed by atoms with E-state index >= 15 is 0 Å². The second-order valence-corrected chi connectivity index (χ2v) is 13.3. The van der Waals surface area contributed by atoms with Gasteiger partial charge >= 0.3 is 0 Å². The SMILES string of the molecule is CC1c2ccccc2-c2cc3cccc(-c4ccc5cc(-c6c7ccccc7c(-c7ccccc7)c7ccccc67)ccc5c4)c3cc21. The van der Waals surface area contributed by atoms with Crippen LogP contribution in [0, 0.1) is 0 Å². The second kappa shape index (κ2) is 10.5. The highest BCUT2D eigenvalue weighted by molar-refractivity contribution is 6.21. The van der Waals surface area contributed by atoms with Crippen LogP contribution in [-0.4, -0.2) is 0 Å². The van der Waals surface area contributed by atoms with Crippen LogP contribution in [0.1, 0.15) is 24.0 Å². The van der Waals surface area contributed by atoms with Crippen LogP contribution in [0.5, 0.6) is 0 Å². The van der Waals surface area contributed by atoms with Gasteiger partial charge in [0.05, 0.1) is 0 Å². The zero-order valence-corrected chi connectivity index (χ0v) is 26.7. The lowest BCUT2D eigenvalue weighted by Gasteiger charge is -2.18. The lowest BCUT2D eigenvalue weighted by atomic mass is 9.85. The predicted molar refractivity (Wildman–Crippen MR) is 206 cm³/mol. The lowest BCUT2D eigenvalue weighted by molar-refractivity contribution is 0.959. The van der Waals surface area contributed by atoms with E-state index in [4.69, 9.17) is 0 Å². The number of hydrogen-bond donors (Lipinski definition) is 0. The van der Waals surface area contributed by atoms with Gasteiger partial charge in [-0.05, 0) is 123 Å². The molecule has 1 aliphatic rings. The molecule has 48 heavy (non-hydrogen) atoms. The molecule has 10 rings (SSSR count). The first-order valence-corrected chi connectivity index (χ1v) is 16.9. The van der Waals surface area contributed by atoms with Crippen LogP contribution in [0.2, 0.25) is 0 Å². The van der Waals surface area contributed by atoms with Gasteiger partial charge in [-0.15, -0.1) is 0 Å². The maximum absolute atomic E-state index is 2.45. The van der Waals surface area contributed by atoms with Gasteiger partial charge in [-0.25, -0.2) is 0 Å². The molecule has 224 valence electrons. The summed E-state index contributed by atoms with van der Waals surface area (Å²) >= 11 is 0. The summed E-state index contributed by atoms with van der Waals surface area (Å²) in [5, 5.41) is 10.3. The summed E-state index contributed by atoms with van der Waals surface area (Å²) in [7, 11) is 0. The molecule has 0 saturated carbocycles. The van der Waals surface area contributed by atoms with Crippen molar-refractivity contribution in [2.75, 3.05) is 0 Å². The zero-order chi connectivity index (χ0) is 31.8. The molecule has 0 saturated heterocycles. The minimum Gasteiger partial charge on any atom is -0.0622 e. The van der Waals surface area contributed by atoms with Gasteiger partial charge in [0.2, 0.25) is 0 Å². The van der Waals surface area contributed by atoms with E-state index in [0.29, 0.717) is 5.92 Å². The second-order valence-electron chi connectivity index (χ2n) is 13.3. The van der Waals surface area contributed by atoms with Crippen molar-refractivity contribution in [3.8, 4) is 44.5 Å². The van der Waals surface area contributed by atoms with Crippen molar-refractivity contribution in [2.24, 2.45) is 0 Å². The Labute approximate surface area is 280 Å². The summed E-state index contributed by atoms with van der Waals surface area (Å²) in [6.07, 6.45) is 0. The Hall–Kier alpha value is -5.98. The molecule has 1 atom stereocenters. The van der Waals surface area contributed by atoms with E-state index in [9.17, 15) is 0 Å². The van der Waals surface area contributed by atoms with Gasteiger partial charge in [-0.2, -0.15) is 0 Å². The van der Waals surface area contributed by atoms with Crippen molar-refractivity contribution in [3.05, 3.63) is 181 Å². The molecule has 0 radical (unpaired) electrons. The number of benzene rings is 9. The molecule has 0 amide bonds. The van der Waals surface area contributed by atoms with E-state index < -0.39 is 0 Å². The van der Waals surface area contributed by atoms with E-state index in [0.717, 1.165) is 0 Å². The summed E-state index contributed by atoms with van der Waals surface area (Å²) in [6.45, 7) is 2.34. The molecule has 0 N–H and O–H groups in total. The molecule has 0 spiro atoms. The Balaban J connectivity index is 1.12. The van der Waals surface area contributed by atoms with Gasteiger partial charge in [0.1, 0.15) is 0 Å². The predicted octanol–water partition coefficient (Wildman–Crippen LogP) is 13.4. The first-order chi connectivity index (χ1) is 23.7. The first kappa shape index (κ1) is 27.2. The van der Waals surface area contributed by atoms with E-state index in [1.807, 2.05) is 0 Å². The van der Waals surface area contributed by atoms with Gasteiger partial charge in [0.15, 0.2) is 0 Å². The molecule has 0 heterocycles. The van der Waals surface area contributed by atoms with Crippen LogP contribution >= 0.6 is 0 Å². The summed E-state index contributed by atoms with van der Waals surface area (Å²) in [6, 6.07) is 63.1. The highest BCUT2D eigenvalue weighted by Gasteiger charge is 2.26. The maximum Gasteiger partial charge on any atom is 0.00735 e. The summed E-state index contributed by atoms with van der Waals surface area (Å²) in [5.41, 5.74) is 13.3. The summed E-state index contributed by atoms with van der Waals surface area (Å²) in [5.74, 6) is 0.401. The molecular weight excluding hydrogens is 577 g/mol. The van der Waals surface area contributed by atoms with Gasteiger partial charge < -0.3 is 0 Å². The minimum atomic E-state index is 0.401. The molecule has 0 heteroatoms. The fraction of sp³-hybridized carbons (Fsp3) is 0.0417. The molecule has 9 aromatic carbocycles. The number of fused-ring (bicyclic) bond motifs is 7. The van der Waals surface area contributed by atoms with Crippen LogP contribution in [0.15, 0.2) is 170 Å². The van der Waals surface area contributed by atoms with E-state index in [2.05, 4.69) is 177 Å². The van der Waals surface area contributed by atoms with Crippen molar-refractivity contribution in [2.45, 2.75) is 12.8 Å². The quantitative estimate of drug-likeness (QED) is 0.175. The van der Waals surface area contributed by atoms with Crippen LogP contribution in [-0.2, 0) is 0 Å². The lowest BCUT2D eigenvalue weighted by Crippen LogP contribution is -1.91. The highest BCUT2D eigenvalue weighted by atomic mass is 14.3. The van der Waals surface area contributed by atoms with Crippen LogP contribution in [0.4, 0.5) is 0 Å². The third-order valence-electron chi connectivity index (χ3n) is 10.7. The molecule has 0 fully saturated rings. The smallest absolute Gasteiger partial charge is 0.00735 e. The normalized spacial score (nSPS) is 13.7. The van der Waals surface area contributed by atoms with Crippen LogP contribution in [0.3, 0.4) is 0 Å². The summed E-state index contributed by atoms with van der Waals surface area (Å²) < 4.78 is 0. The van der Waals surface area contributed by atoms with Crippen molar-refractivity contribution >= 4 is 43.1 Å². The van der Waals surface area contributed by atoms with Crippen molar-refractivity contribution in [1.82, 2.24) is 0 Å². The minimum absolute atomic E-state index is 0.401. The molecule has 0 bridgehead atoms. The Morgan fingerprint density at radius 3 is 1.58 bits per heavy atom. The molecule has 1 unspecified atom stereocenters. The average molecular weight is 609 g/mol. The van der Waals surface area contributed by atoms with E-state index in [1.165, 1.54) is 98.7 Å². The zero-order valence-electron chi connectivity index (χ0n) is 26.7. The molecule has 0 nitrogen and oxygen atoms in total. The topological polar surface area (TPSA) is 0 Å². The van der Waals surface area contributed by atoms with Gasteiger partial charge in [0, 0.05) is 5.92 Å². The van der Waals surface area contributed by atoms with Gasteiger partial charge in [-0.1, -0.05) is 153 Å². The standard InChI is InChI=1S/C48H32/c1-30-37-15-5-6-16-39(37)46-28-34-14-11-21-38(45(34)29-44(30)46)35-24-22-33-27-36(25-23-32(33)26-35)48-42-19-9-7-17-40(42)47(31-12-3-2-4-13-31)41-18-8-10-20-43(41)48/h2-30H,1H3. The Bertz CT molecular complexity index is 2670. The monoisotopic (exact) mass is 608 g/mol. The van der Waals surface area contributed by atoms with E-state index in [-0.39, 0.29) is 0 Å². The van der Waals surface area contributed by atoms with Gasteiger partial charge in [0.25, 0.3) is 0 Å². The average Bonchev–Trinajstić information content (AvgIpc) is 3.42. The van der Waals surface area contributed by atoms with Crippen molar-refractivity contribution in [3.63, 3.8) is 0 Å². The third kappa shape index (κ3) is 4.03. The number of rotatable bonds is 3. The molecule has 0 aromatic heterocycles. The fourth-order valence-electron chi connectivity index (χ4n) is 8.40. The maximum atomic E-state index is 2.45. The Morgan fingerprint density at radius 1 is 0.312 bits per heavy atom. The Kier molecular flexibility index (Phi) is 5.95. The van der Waals surface area contributed by atoms with Gasteiger partial charge in [-0.3, -0.25) is 0 Å². The molecule has 1 aliphatic carbocycles. The number of hydrogen-bond acceptors (Lipinski definition) is 0. The van der Waals surface area contributed by atoms with E-state index in [1.54, 1.807) is 0 Å². The fourth-order valence-corrected chi connectivity index (χ4v) is 8.40. The third-order valence-corrected chi connectivity index (χ3v) is 10.7. The Morgan fingerprint density at radius 2 is 0.875 bits per heavy atom. The van der Waals surface area contributed by atoms with Crippen molar-refractivity contribution in [1.29, 1.82) is 0 Å². The van der Waals surface area contributed by atoms with Crippen LogP contribution < -0.4 is 0 Å². The van der Waals surface area contributed by atoms with Crippen molar-refractivity contribution < 1.29 is 0 Å².